The summed E-state index contributed by atoms with van der Waals surface area (Å²) in [6.45, 7) is 3.21. The monoisotopic (exact) mass is 288 g/mol. The van der Waals surface area contributed by atoms with Crippen molar-refractivity contribution < 1.29 is 14.3 Å². The van der Waals surface area contributed by atoms with Crippen molar-refractivity contribution in [2.24, 2.45) is 0 Å². The molecule has 5 heteroatoms. The van der Waals surface area contributed by atoms with E-state index in [1.165, 1.54) is 24.4 Å². The highest BCUT2D eigenvalue weighted by molar-refractivity contribution is 5.87. The Labute approximate surface area is 122 Å². The third kappa shape index (κ3) is 4.36. The lowest BCUT2D eigenvalue weighted by Gasteiger charge is -2.07. The number of nitrogens with one attached hydrogen (secondary N) is 1. The van der Waals surface area contributed by atoms with Crippen molar-refractivity contribution in [3.05, 3.63) is 64.7 Å². The van der Waals surface area contributed by atoms with Crippen molar-refractivity contribution in [2.75, 3.05) is 6.54 Å². The summed E-state index contributed by atoms with van der Waals surface area (Å²) in [6, 6.07) is 8.03. The van der Waals surface area contributed by atoms with Gasteiger partial charge in [-0.25, -0.2) is 9.18 Å². The highest BCUT2D eigenvalue weighted by atomic mass is 19.1. The van der Waals surface area contributed by atoms with Crippen LogP contribution in [0.3, 0.4) is 0 Å². The van der Waals surface area contributed by atoms with Crippen LogP contribution in [0.15, 0.2) is 36.5 Å². The lowest BCUT2D eigenvalue weighted by Crippen LogP contribution is -2.18. The summed E-state index contributed by atoms with van der Waals surface area (Å²) in [4.78, 5) is 14.8. The third-order valence-corrected chi connectivity index (χ3v) is 3.25. The molecule has 0 saturated heterocycles. The summed E-state index contributed by atoms with van der Waals surface area (Å²) in [5.41, 5.74) is 3.02. The van der Waals surface area contributed by atoms with Crippen LogP contribution < -0.4 is 5.32 Å². The summed E-state index contributed by atoms with van der Waals surface area (Å²) in [7, 11) is 0. The van der Waals surface area contributed by atoms with E-state index in [4.69, 9.17) is 5.11 Å². The highest BCUT2D eigenvalue weighted by Crippen LogP contribution is 2.10. The molecule has 2 N–H and O–H groups in total. The van der Waals surface area contributed by atoms with Gasteiger partial charge in [-0.1, -0.05) is 6.07 Å². The molecule has 0 unspecified atom stereocenters. The van der Waals surface area contributed by atoms with E-state index < -0.39 is 5.97 Å². The number of carbonyl (C=O) groups is 1. The molecule has 110 valence electrons. The fraction of sp³-hybridized carbons (Fsp3) is 0.250. The average Bonchev–Trinajstić information content (AvgIpc) is 2.46. The van der Waals surface area contributed by atoms with Crippen LogP contribution in [0.25, 0.3) is 0 Å². The molecule has 1 heterocycles. The molecule has 1 aromatic heterocycles. The average molecular weight is 288 g/mol. The van der Waals surface area contributed by atoms with Crippen LogP contribution in [0, 0.1) is 12.7 Å². The van der Waals surface area contributed by atoms with Gasteiger partial charge in [-0.2, -0.15) is 0 Å². The van der Waals surface area contributed by atoms with E-state index in [1.54, 1.807) is 12.1 Å². The van der Waals surface area contributed by atoms with Crippen LogP contribution in [-0.4, -0.2) is 22.6 Å². The maximum atomic E-state index is 13.0. The Hall–Kier alpha value is -2.27. The molecule has 4 nitrogen and oxygen atoms in total. The molecule has 0 aliphatic rings. The molecule has 0 radical (unpaired) electrons. The Morgan fingerprint density at radius 3 is 2.76 bits per heavy atom. The fourth-order valence-corrected chi connectivity index (χ4v) is 2.03. The largest absolute Gasteiger partial charge is 0.478 e. The number of carboxylic acids is 1. The Morgan fingerprint density at radius 2 is 2.14 bits per heavy atom. The molecule has 0 atom stereocenters. The van der Waals surface area contributed by atoms with E-state index in [9.17, 15) is 9.18 Å². The van der Waals surface area contributed by atoms with Crippen LogP contribution in [0.2, 0.25) is 0 Å². The second-order valence-corrected chi connectivity index (χ2v) is 4.84. The minimum Gasteiger partial charge on any atom is -0.478 e. The van der Waals surface area contributed by atoms with E-state index in [0.717, 1.165) is 29.8 Å². The number of benzene rings is 1. The number of aromatic nitrogens is 1. The van der Waals surface area contributed by atoms with Crippen molar-refractivity contribution in [3.63, 3.8) is 0 Å². The van der Waals surface area contributed by atoms with Crippen molar-refractivity contribution in [2.45, 2.75) is 19.9 Å². The molecule has 2 rings (SSSR count). The summed E-state index contributed by atoms with van der Waals surface area (Å²) in [6.07, 6.45) is 2.16. The van der Waals surface area contributed by atoms with Crippen LogP contribution >= 0.6 is 0 Å². The Bertz CT molecular complexity index is 627. The predicted octanol–water partition coefficient (Wildman–Crippen LogP) is 2.56. The highest BCUT2D eigenvalue weighted by Gasteiger charge is 2.03. The first-order chi connectivity index (χ1) is 10.1. The summed E-state index contributed by atoms with van der Waals surface area (Å²) >= 11 is 0. The molecule has 0 aliphatic carbocycles. The van der Waals surface area contributed by atoms with E-state index in [1.807, 2.05) is 6.92 Å². The van der Waals surface area contributed by atoms with Gasteiger partial charge in [-0.05, 0) is 55.3 Å². The zero-order valence-electron chi connectivity index (χ0n) is 11.8. The number of hydrogen-bond acceptors (Lipinski definition) is 3. The lowest BCUT2D eigenvalue weighted by molar-refractivity contribution is 0.0696. The van der Waals surface area contributed by atoms with E-state index in [0.29, 0.717) is 6.54 Å². The number of aromatic carboxylic acids is 1. The summed E-state index contributed by atoms with van der Waals surface area (Å²) in [5.74, 6) is -1.19. The number of rotatable bonds is 6. The molecule has 0 bridgehead atoms. The molecule has 0 aliphatic heterocycles. The first-order valence-corrected chi connectivity index (χ1v) is 6.70. The molecule has 0 amide bonds. The molecule has 0 fully saturated rings. The Kier molecular flexibility index (Phi) is 5.00. The second-order valence-electron chi connectivity index (χ2n) is 4.84. The maximum Gasteiger partial charge on any atom is 0.337 e. The summed E-state index contributed by atoms with van der Waals surface area (Å²) in [5, 5.41) is 12.0. The van der Waals surface area contributed by atoms with Gasteiger partial charge in [0.1, 0.15) is 5.82 Å². The molecule has 0 saturated carbocycles. The number of halogens is 1. The zero-order chi connectivity index (χ0) is 15.2. The molecule has 21 heavy (non-hydrogen) atoms. The number of hydrogen-bond donors (Lipinski definition) is 2. The van der Waals surface area contributed by atoms with Crippen molar-refractivity contribution >= 4 is 5.97 Å². The van der Waals surface area contributed by atoms with Gasteiger partial charge < -0.3 is 10.4 Å². The van der Waals surface area contributed by atoms with Gasteiger partial charge in [0, 0.05) is 12.7 Å². The number of pyridine rings is 1. The Morgan fingerprint density at radius 1 is 1.33 bits per heavy atom. The topological polar surface area (TPSA) is 62.2 Å². The van der Waals surface area contributed by atoms with E-state index in [2.05, 4.69) is 10.3 Å². The molecular weight excluding hydrogens is 271 g/mol. The van der Waals surface area contributed by atoms with Gasteiger partial charge in [0.15, 0.2) is 0 Å². The van der Waals surface area contributed by atoms with Gasteiger partial charge in [-0.15, -0.1) is 0 Å². The Balaban J connectivity index is 1.80. The molecule has 1 aromatic carbocycles. The SMILES string of the molecule is Cc1cc(F)ccc1CCNCc1ccc(C(=O)O)cn1. The van der Waals surface area contributed by atoms with Crippen LogP contribution in [-0.2, 0) is 13.0 Å². The molecular formula is C16H17FN2O2. The second kappa shape index (κ2) is 6.95. The fourth-order valence-electron chi connectivity index (χ4n) is 2.03. The first kappa shape index (κ1) is 15.1. The number of aryl methyl sites for hydroxylation is 1. The van der Waals surface area contributed by atoms with Crippen molar-refractivity contribution in [1.29, 1.82) is 0 Å². The van der Waals surface area contributed by atoms with E-state index in [-0.39, 0.29) is 11.4 Å². The minimum absolute atomic E-state index is 0.181. The standard InChI is InChI=1S/C16H17FN2O2/c1-11-8-14(17)4-2-12(11)6-7-18-10-15-5-3-13(9-19-15)16(20)21/h2-5,8-9,18H,6-7,10H2,1H3,(H,20,21). The molecule has 0 spiro atoms. The van der Waals surface area contributed by atoms with Gasteiger partial charge in [0.05, 0.1) is 11.3 Å². The van der Waals surface area contributed by atoms with Crippen LogP contribution in [0.5, 0.6) is 0 Å². The zero-order valence-corrected chi connectivity index (χ0v) is 11.8. The van der Waals surface area contributed by atoms with Gasteiger partial charge in [-0.3, -0.25) is 4.98 Å². The number of carboxylic acid groups (broad SMARTS) is 1. The smallest absolute Gasteiger partial charge is 0.337 e. The normalized spacial score (nSPS) is 10.6. The van der Waals surface area contributed by atoms with E-state index >= 15 is 0 Å². The lowest BCUT2D eigenvalue weighted by atomic mass is 10.1. The molecule has 2 aromatic rings. The maximum absolute atomic E-state index is 13.0. The van der Waals surface area contributed by atoms with Gasteiger partial charge in [0.2, 0.25) is 0 Å². The van der Waals surface area contributed by atoms with Gasteiger partial charge in [0.25, 0.3) is 0 Å². The van der Waals surface area contributed by atoms with Crippen LogP contribution in [0.4, 0.5) is 4.39 Å². The van der Waals surface area contributed by atoms with Crippen molar-refractivity contribution in [3.8, 4) is 0 Å². The third-order valence-electron chi connectivity index (χ3n) is 3.25. The first-order valence-electron chi connectivity index (χ1n) is 6.70. The minimum atomic E-state index is -0.978. The number of nitrogens with zero attached hydrogens (tertiary/aromatic N) is 1. The van der Waals surface area contributed by atoms with Gasteiger partial charge >= 0.3 is 5.97 Å². The summed E-state index contributed by atoms with van der Waals surface area (Å²) < 4.78 is 13.0. The van der Waals surface area contributed by atoms with Crippen molar-refractivity contribution in [1.82, 2.24) is 10.3 Å². The van der Waals surface area contributed by atoms with Crippen LogP contribution in [0.1, 0.15) is 27.2 Å². The quantitative estimate of drug-likeness (QED) is 0.802. The predicted molar refractivity (Wildman–Crippen MR) is 77.7 cm³/mol.